The molecule has 0 radical (unpaired) electrons. The van der Waals surface area contributed by atoms with E-state index in [-0.39, 0.29) is 5.91 Å². The number of benzene rings is 2. The standard InChI is InChI=1S/C24H23N3OS2/c1-3-19-7-4-8-21-23(19)26-24(30-21)27(15-18-6-5-13-25-14-18)22(28)16-29-20-11-9-17(2)10-12-20/h4-14H,3,15-16H2,1-2H3. The lowest BCUT2D eigenvalue weighted by Gasteiger charge is -2.19. The highest BCUT2D eigenvalue weighted by Gasteiger charge is 2.21. The van der Waals surface area contributed by atoms with Gasteiger partial charge in [0.15, 0.2) is 5.13 Å². The minimum absolute atomic E-state index is 0.0431. The summed E-state index contributed by atoms with van der Waals surface area (Å²) in [5.41, 5.74) is 4.40. The average Bonchev–Trinajstić information content (AvgIpc) is 3.21. The molecule has 0 aliphatic rings. The molecule has 0 N–H and O–H groups in total. The molecule has 0 aliphatic heterocycles. The summed E-state index contributed by atoms with van der Waals surface area (Å²) in [4.78, 5) is 25.2. The Kier molecular flexibility index (Phi) is 6.45. The third kappa shape index (κ3) is 4.71. The number of rotatable bonds is 7. The monoisotopic (exact) mass is 433 g/mol. The maximum absolute atomic E-state index is 13.3. The smallest absolute Gasteiger partial charge is 0.239 e. The van der Waals surface area contributed by atoms with E-state index in [1.165, 1.54) is 11.1 Å². The van der Waals surface area contributed by atoms with Crippen LogP contribution in [0.15, 0.2) is 71.9 Å². The number of hydrogen-bond acceptors (Lipinski definition) is 5. The number of nitrogens with zero attached hydrogens (tertiary/aromatic N) is 3. The second-order valence-electron chi connectivity index (χ2n) is 7.06. The van der Waals surface area contributed by atoms with Gasteiger partial charge in [0.05, 0.1) is 22.5 Å². The molecule has 2 aromatic carbocycles. The van der Waals surface area contributed by atoms with Crippen molar-refractivity contribution in [2.75, 3.05) is 10.7 Å². The molecule has 4 rings (SSSR count). The molecule has 0 unspecified atom stereocenters. The van der Waals surface area contributed by atoms with E-state index in [4.69, 9.17) is 4.98 Å². The lowest BCUT2D eigenvalue weighted by atomic mass is 10.1. The summed E-state index contributed by atoms with van der Waals surface area (Å²) in [7, 11) is 0. The normalized spacial score (nSPS) is 11.0. The number of hydrogen-bond donors (Lipinski definition) is 0. The highest BCUT2D eigenvalue weighted by Crippen LogP contribution is 2.32. The van der Waals surface area contributed by atoms with Gasteiger partial charge in [0.25, 0.3) is 0 Å². The van der Waals surface area contributed by atoms with Crippen molar-refractivity contribution in [1.29, 1.82) is 0 Å². The first-order valence-corrected chi connectivity index (χ1v) is 11.7. The van der Waals surface area contributed by atoms with Gasteiger partial charge < -0.3 is 0 Å². The molecule has 4 aromatic rings. The summed E-state index contributed by atoms with van der Waals surface area (Å²) >= 11 is 3.13. The van der Waals surface area contributed by atoms with Gasteiger partial charge in [0, 0.05) is 17.3 Å². The molecule has 152 valence electrons. The molecule has 2 heterocycles. The van der Waals surface area contributed by atoms with Crippen LogP contribution < -0.4 is 4.90 Å². The van der Waals surface area contributed by atoms with Gasteiger partial charge in [-0.1, -0.05) is 54.2 Å². The molecule has 0 aliphatic carbocycles. The summed E-state index contributed by atoms with van der Waals surface area (Å²) in [6.07, 6.45) is 4.46. The van der Waals surface area contributed by atoms with Crippen LogP contribution in [0.5, 0.6) is 0 Å². The Bertz CT molecular complexity index is 1140. The fourth-order valence-electron chi connectivity index (χ4n) is 3.19. The number of carbonyl (C=O) groups is 1. The molecule has 0 fully saturated rings. The number of thiazole rings is 1. The average molecular weight is 434 g/mol. The van der Waals surface area contributed by atoms with Crippen LogP contribution in [0.4, 0.5) is 5.13 Å². The minimum atomic E-state index is 0.0431. The zero-order valence-corrected chi connectivity index (χ0v) is 18.7. The van der Waals surface area contributed by atoms with Crippen molar-refractivity contribution in [1.82, 2.24) is 9.97 Å². The largest absolute Gasteiger partial charge is 0.283 e. The molecular formula is C24H23N3OS2. The maximum atomic E-state index is 13.3. The van der Waals surface area contributed by atoms with E-state index in [1.807, 2.05) is 12.1 Å². The van der Waals surface area contributed by atoms with Gasteiger partial charge in [-0.3, -0.25) is 14.7 Å². The van der Waals surface area contributed by atoms with E-state index < -0.39 is 0 Å². The molecule has 0 saturated heterocycles. The van der Waals surface area contributed by atoms with Crippen LogP contribution in [0.3, 0.4) is 0 Å². The summed E-state index contributed by atoms with van der Waals surface area (Å²) in [6.45, 7) is 4.65. The summed E-state index contributed by atoms with van der Waals surface area (Å²) in [5.74, 6) is 0.404. The predicted octanol–water partition coefficient (Wildman–Crippen LogP) is 5.89. The fourth-order valence-corrected chi connectivity index (χ4v) is 4.99. The van der Waals surface area contributed by atoms with Gasteiger partial charge in [-0.2, -0.15) is 0 Å². The van der Waals surface area contributed by atoms with Gasteiger partial charge in [0.2, 0.25) is 5.91 Å². The lowest BCUT2D eigenvalue weighted by molar-refractivity contribution is -0.116. The van der Waals surface area contributed by atoms with Crippen LogP contribution >= 0.6 is 23.1 Å². The van der Waals surface area contributed by atoms with Crippen LogP contribution in [0, 0.1) is 6.92 Å². The van der Waals surface area contributed by atoms with Crippen molar-refractivity contribution < 1.29 is 4.79 Å². The summed E-state index contributed by atoms with van der Waals surface area (Å²) < 4.78 is 1.11. The van der Waals surface area contributed by atoms with Crippen molar-refractivity contribution in [2.24, 2.45) is 0 Å². The second-order valence-corrected chi connectivity index (χ2v) is 9.11. The van der Waals surface area contributed by atoms with Crippen LogP contribution in [-0.4, -0.2) is 21.6 Å². The molecule has 4 nitrogen and oxygen atoms in total. The quantitative estimate of drug-likeness (QED) is 0.341. The summed E-state index contributed by atoms with van der Waals surface area (Å²) in [5, 5.41) is 0.740. The van der Waals surface area contributed by atoms with Gasteiger partial charge in [-0.05, 0) is 48.7 Å². The molecule has 2 aromatic heterocycles. The molecule has 1 amide bonds. The Morgan fingerprint density at radius 1 is 1.10 bits per heavy atom. The van der Waals surface area contributed by atoms with Crippen molar-refractivity contribution in [2.45, 2.75) is 31.7 Å². The van der Waals surface area contributed by atoms with E-state index in [2.05, 4.69) is 61.3 Å². The van der Waals surface area contributed by atoms with Crippen LogP contribution in [0.25, 0.3) is 10.2 Å². The highest BCUT2D eigenvalue weighted by atomic mass is 32.2. The molecule has 0 atom stereocenters. The number of carbonyl (C=O) groups excluding carboxylic acids is 1. The van der Waals surface area contributed by atoms with Crippen LogP contribution in [0.2, 0.25) is 0 Å². The second kappa shape index (κ2) is 9.41. The highest BCUT2D eigenvalue weighted by molar-refractivity contribution is 8.00. The van der Waals surface area contributed by atoms with Crippen molar-refractivity contribution >= 4 is 44.4 Å². The number of pyridine rings is 1. The van der Waals surface area contributed by atoms with E-state index >= 15 is 0 Å². The lowest BCUT2D eigenvalue weighted by Crippen LogP contribution is -2.31. The number of aryl methyl sites for hydroxylation is 2. The van der Waals surface area contributed by atoms with Crippen LogP contribution in [0.1, 0.15) is 23.6 Å². The SMILES string of the molecule is CCc1cccc2sc(N(Cc3cccnc3)C(=O)CSc3ccc(C)cc3)nc12. The van der Waals surface area contributed by atoms with E-state index in [9.17, 15) is 4.79 Å². The topological polar surface area (TPSA) is 46.1 Å². The minimum Gasteiger partial charge on any atom is -0.283 e. The number of amides is 1. The molecule has 0 spiro atoms. The molecule has 30 heavy (non-hydrogen) atoms. The van der Waals surface area contributed by atoms with E-state index in [0.717, 1.165) is 32.2 Å². The van der Waals surface area contributed by atoms with E-state index in [0.29, 0.717) is 12.3 Å². The number of aromatic nitrogens is 2. The number of anilines is 1. The Morgan fingerprint density at radius 3 is 2.67 bits per heavy atom. The zero-order valence-electron chi connectivity index (χ0n) is 17.0. The number of thioether (sulfide) groups is 1. The molecular weight excluding hydrogens is 410 g/mol. The number of para-hydroxylation sites is 1. The molecule has 0 saturated carbocycles. The van der Waals surface area contributed by atoms with Crippen molar-refractivity contribution in [3.05, 3.63) is 83.7 Å². The Balaban J connectivity index is 1.62. The van der Waals surface area contributed by atoms with Crippen LogP contribution in [-0.2, 0) is 17.8 Å². The fraction of sp³-hybridized carbons (Fsp3) is 0.208. The van der Waals surface area contributed by atoms with E-state index in [1.54, 1.807) is 40.4 Å². The van der Waals surface area contributed by atoms with Gasteiger partial charge in [0.1, 0.15) is 0 Å². The Labute approximate surface area is 185 Å². The zero-order chi connectivity index (χ0) is 20.9. The van der Waals surface area contributed by atoms with Gasteiger partial charge in [-0.15, -0.1) is 11.8 Å². The maximum Gasteiger partial charge on any atom is 0.239 e. The third-order valence-corrected chi connectivity index (χ3v) is 6.89. The first kappa shape index (κ1) is 20.6. The van der Waals surface area contributed by atoms with Crippen molar-refractivity contribution in [3.8, 4) is 0 Å². The Hall–Kier alpha value is -2.70. The summed E-state index contributed by atoms with van der Waals surface area (Å²) in [6, 6.07) is 18.4. The predicted molar refractivity (Wildman–Crippen MR) is 126 cm³/mol. The Morgan fingerprint density at radius 2 is 1.93 bits per heavy atom. The first-order valence-electron chi connectivity index (χ1n) is 9.91. The first-order chi connectivity index (χ1) is 14.6. The molecule has 0 bridgehead atoms. The van der Waals surface area contributed by atoms with Crippen molar-refractivity contribution in [3.63, 3.8) is 0 Å². The molecule has 6 heteroatoms. The third-order valence-electron chi connectivity index (χ3n) is 4.85. The number of fused-ring (bicyclic) bond motifs is 1. The van der Waals surface area contributed by atoms with Gasteiger partial charge in [-0.25, -0.2) is 4.98 Å². The van der Waals surface area contributed by atoms with Gasteiger partial charge >= 0.3 is 0 Å².